The van der Waals surface area contributed by atoms with Gasteiger partial charge in [0.05, 0.1) is 23.0 Å². The zero-order valence-corrected chi connectivity index (χ0v) is 17.5. The summed E-state index contributed by atoms with van der Waals surface area (Å²) in [6, 6.07) is 10.4. The zero-order valence-electron chi connectivity index (χ0n) is 17.5. The van der Waals surface area contributed by atoms with E-state index in [9.17, 15) is 9.59 Å². The number of urea groups is 1. The first kappa shape index (κ1) is 21.0. The topological polar surface area (TPSA) is 112 Å². The molecule has 0 saturated carbocycles. The Morgan fingerprint density at radius 2 is 1.93 bits per heavy atom. The quantitative estimate of drug-likeness (QED) is 0.600. The highest BCUT2D eigenvalue weighted by Crippen LogP contribution is 2.32. The molecule has 1 atom stereocenters. The normalized spacial score (nSPS) is 11.7. The van der Waals surface area contributed by atoms with E-state index in [0.717, 1.165) is 5.69 Å². The molecule has 3 rings (SSSR count). The summed E-state index contributed by atoms with van der Waals surface area (Å²) in [4.78, 5) is 28.2. The number of anilines is 1. The third-order valence-electron chi connectivity index (χ3n) is 4.90. The molecule has 0 saturated heterocycles. The largest absolute Gasteiger partial charge is 0.424 e. The molecule has 0 fully saturated rings. The van der Waals surface area contributed by atoms with Crippen molar-refractivity contribution in [3.8, 4) is 22.7 Å². The maximum Gasteiger partial charge on any atom is 0.317 e. The molecule has 8 nitrogen and oxygen atoms in total. The van der Waals surface area contributed by atoms with Gasteiger partial charge in [-0.05, 0) is 38.5 Å². The van der Waals surface area contributed by atoms with Crippen LogP contribution in [0.15, 0.2) is 42.6 Å². The molecule has 8 heteroatoms. The summed E-state index contributed by atoms with van der Waals surface area (Å²) in [5.41, 5.74) is 8.70. The molecule has 2 heterocycles. The molecule has 0 aliphatic rings. The standard InChI is InChI=1S/C22H25N5O3/c1-5-13(2)21(28)30-18-11-16(12-24-15(18)4)19-14(3)20(25-22(23)29)27(26-19)17-9-7-6-8-10-17/h6-13H,5H2,1-4H3,(H3,23,25,29). The number of carbonyl (C=O) groups excluding carboxylic acids is 2. The second kappa shape index (κ2) is 8.77. The van der Waals surface area contributed by atoms with Gasteiger partial charge in [0.15, 0.2) is 5.75 Å². The second-order valence-corrected chi connectivity index (χ2v) is 7.10. The molecular formula is C22H25N5O3. The summed E-state index contributed by atoms with van der Waals surface area (Å²) in [7, 11) is 0. The average Bonchev–Trinajstić information content (AvgIpc) is 3.05. The number of esters is 1. The van der Waals surface area contributed by atoms with Crippen molar-refractivity contribution in [3.63, 3.8) is 0 Å². The Morgan fingerprint density at radius 1 is 1.23 bits per heavy atom. The molecular weight excluding hydrogens is 382 g/mol. The Hall–Kier alpha value is -3.68. The van der Waals surface area contributed by atoms with E-state index in [-0.39, 0.29) is 11.9 Å². The van der Waals surface area contributed by atoms with Crippen LogP contribution in [-0.2, 0) is 4.79 Å². The first-order valence-electron chi connectivity index (χ1n) is 9.72. The number of carbonyl (C=O) groups is 2. The highest BCUT2D eigenvalue weighted by molar-refractivity contribution is 5.89. The van der Waals surface area contributed by atoms with Crippen molar-refractivity contribution in [1.82, 2.24) is 14.8 Å². The van der Waals surface area contributed by atoms with E-state index in [1.165, 1.54) is 0 Å². The van der Waals surface area contributed by atoms with Crippen LogP contribution < -0.4 is 15.8 Å². The van der Waals surface area contributed by atoms with E-state index in [1.54, 1.807) is 23.9 Å². The van der Waals surface area contributed by atoms with E-state index < -0.39 is 6.03 Å². The number of aromatic nitrogens is 3. The number of nitrogens with one attached hydrogen (secondary N) is 1. The smallest absolute Gasteiger partial charge is 0.317 e. The minimum Gasteiger partial charge on any atom is -0.424 e. The number of para-hydroxylation sites is 1. The molecule has 0 aliphatic carbocycles. The SMILES string of the molecule is CCC(C)C(=O)Oc1cc(-c2nn(-c3ccccc3)c(NC(N)=O)c2C)cnc1C. The number of aryl methyl sites for hydroxylation is 1. The lowest BCUT2D eigenvalue weighted by molar-refractivity contribution is -0.138. The Kier molecular flexibility index (Phi) is 6.15. The number of nitrogens with zero attached hydrogens (tertiary/aromatic N) is 3. The van der Waals surface area contributed by atoms with E-state index in [0.29, 0.717) is 40.5 Å². The zero-order chi connectivity index (χ0) is 21.8. The van der Waals surface area contributed by atoms with Crippen molar-refractivity contribution < 1.29 is 14.3 Å². The van der Waals surface area contributed by atoms with Crippen LogP contribution in [0.4, 0.5) is 10.6 Å². The molecule has 0 bridgehead atoms. The Morgan fingerprint density at radius 3 is 2.57 bits per heavy atom. The summed E-state index contributed by atoms with van der Waals surface area (Å²) in [5, 5.41) is 7.32. The minimum absolute atomic E-state index is 0.210. The molecule has 0 radical (unpaired) electrons. The van der Waals surface area contributed by atoms with E-state index >= 15 is 0 Å². The second-order valence-electron chi connectivity index (χ2n) is 7.10. The fourth-order valence-corrected chi connectivity index (χ4v) is 2.91. The molecule has 156 valence electrons. The van der Waals surface area contributed by atoms with Crippen LogP contribution in [0.3, 0.4) is 0 Å². The van der Waals surface area contributed by atoms with Crippen molar-refractivity contribution in [2.75, 3.05) is 5.32 Å². The predicted octanol–water partition coefficient (Wildman–Crippen LogP) is 3.99. The fraction of sp³-hybridized carbons (Fsp3) is 0.273. The third kappa shape index (κ3) is 4.32. The fourth-order valence-electron chi connectivity index (χ4n) is 2.91. The lowest BCUT2D eigenvalue weighted by Crippen LogP contribution is -2.21. The van der Waals surface area contributed by atoms with Crippen molar-refractivity contribution >= 4 is 17.8 Å². The molecule has 30 heavy (non-hydrogen) atoms. The van der Waals surface area contributed by atoms with Crippen molar-refractivity contribution in [1.29, 1.82) is 0 Å². The van der Waals surface area contributed by atoms with Crippen molar-refractivity contribution in [3.05, 3.63) is 53.9 Å². The molecule has 0 aliphatic heterocycles. The van der Waals surface area contributed by atoms with Gasteiger partial charge in [0.1, 0.15) is 5.82 Å². The number of nitrogens with two attached hydrogens (primary N) is 1. The van der Waals surface area contributed by atoms with Crippen LogP contribution in [0.2, 0.25) is 0 Å². The lowest BCUT2D eigenvalue weighted by atomic mass is 10.1. The number of primary amides is 1. The highest BCUT2D eigenvalue weighted by atomic mass is 16.5. The van der Waals surface area contributed by atoms with Gasteiger partial charge < -0.3 is 10.5 Å². The van der Waals surface area contributed by atoms with Gasteiger partial charge in [0.25, 0.3) is 0 Å². The minimum atomic E-state index is -0.688. The summed E-state index contributed by atoms with van der Waals surface area (Å²) < 4.78 is 7.17. The van der Waals surface area contributed by atoms with Gasteiger partial charge in [-0.15, -0.1) is 0 Å². The van der Waals surface area contributed by atoms with E-state index in [2.05, 4.69) is 15.4 Å². The van der Waals surface area contributed by atoms with Crippen molar-refractivity contribution in [2.24, 2.45) is 11.7 Å². The molecule has 3 aromatic rings. The Bertz CT molecular complexity index is 1080. The number of amides is 2. The Balaban J connectivity index is 2.08. The van der Waals surface area contributed by atoms with Gasteiger partial charge in [0.2, 0.25) is 0 Å². The van der Waals surface area contributed by atoms with E-state index in [4.69, 9.17) is 10.5 Å². The summed E-state index contributed by atoms with van der Waals surface area (Å²) in [5.74, 6) is 0.332. The maximum absolute atomic E-state index is 12.2. The highest BCUT2D eigenvalue weighted by Gasteiger charge is 2.21. The lowest BCUT2D eigenvalue weighted by Gasteiger charge is -2.11. The summed E-state index contributed by atoms with van der Waals surface area (Å²) in [6.07, 6.45) is 2.35. The summed E-state index contributed by atoms with van der Waals surface area (Å²) >= 11 is 0. The van der Waals surface area contributed by atoms with Crippen LogP contribution in [0.25, 0.3) is 16.9 Å². The molecule has 1 unspecified atom stereocenters. The van der Waals surface area contributed by atoms with E-state index in [1.807, 2.05) is 51.1 Å². The van der Waals surface area contributed by atoms with Crippen LogP contribution in [0, 0.1) is 19.8 Å². The molecule has 2 aromatic heterocycles. The Labute approximate surface area is 175 Å². The van der Waals surface area contributed by atoms with Gasteiger partial charge in [-0.25, -0.2) is 9.48 Å². The van der Waals surface area contributed by atoms with Gasteiger partial charge in [-0.1, -0.05) is 32.0 Å². The molecule has 1 aromatic carbocycles. The maximum atomic E-state index is 12.2. The van der Waals surface area contributed by atoms with Crippen molar-refractivity contribution in [2.45, 2.75) is 34.1 Å². The molecule has 3 N–H and O–H groups in total. The number of rotatable bonds is 6. The predicted molar refractivity (Wildman–Crippen MR) is 115 cm³/mol. The molecule has 0 spiro atoms. The van der Waals surface area contributed by atoms with Gasteiger partial charge in [0, 0.05) is 17.3 Å². The first-order chi connectivity index (χ1) is 14.3. The van der Waals surface area contributed by atoms with Crippen LogP contribution in [0.5, 0.6) is 5.75 Å². The van der Waals surface area contributed by atoms with Gasteiger partial charge >= 0.3 is 12.0 Å². The van der Waals surface area contributed by atoms with Crippen LogP contribution >= 0.6 is 0 Å². The number of hydrogen-bond donors (Lipinski definition) is 2. The third-order valence-corrected chi connectivity index (χ3v) is 4.90. The monoisotopic (exact) mass is 407 g/mol. The van der Waals surface area contributed by atoms with Gasteiger partial charge in [-0.2, -0.15) is 5.10 Å². The van der Waals surface area contributed by atoms with Gasteiger partial charge in [-0.3, -0.25) is 15.1 Å². The first-order valence-corrected chi connectivity index (χ1v) is 9.72. The number of ether oxygens (including phenoxy) is 1. The van der Waals surface area contributed by atoms with Crippen LogP contribution in [-0.4, -0.2) is 26.8 Å². The number of hydrogen-bond acceptors (Lipinski definition) is 5. The molecule has 2 amide bonds. The van der Waals surface area contributed by atoms with Crippen LogP contribution in [0.1, 0.15) is 31.5 Å². The average molecular weight is 407 g/mol. The summed E-state index contributed by atoms with van der Waals surface area (Å²) in [6.45, 7) is 7.36. The number of pyridine rings is 1. The number of benzene rings is 1.